The second kappa shape index (κ2) is 5.67. The van der Waals surface area contributed by atoms with Crippen LogP contribution in [0.3, 0.4) is 0 Å². The molecule has 1 aromatic carbocycles. The first-order valence-electron chi connectivity index (χ1n) is 6.17. The molecule has 1 N–H and O–H groups in total. The van der Waals surface area contributed by atoms with Crippen molar-refractivity contribution < 1.29 is 9.34 Å². The molecule has 1 aromatic heterocycles. The molecule has 2 rings (SSSR count). The van der Waals surface area contributed by atoms with Crippen molar-refractivity contribution in [2.75, 3.05) is 7.05 Å². The topological polar surface area (TPSA) is 68.3 Å². The molecule has 0 saturated heterocycles. The minimum absolute atomic E-state index is 0.0807. The molecule has 0 spiro atoms. The molecule has 0 bridgehead atoms. The van der Waals surface area contributed by atoms with Crippen molar-refractivity contribution >= 4 is 5.69 Å². The SMILES string of the molecule is CCC(NC)c1ccc(-c2ccc([N+](=O)[O-])cc2)o1. The summed E-state index contributed by atoms with van der Waals surface area (Å²) >= 11 is 0. The third-order valence-corrected chi connectivity index (χ3v) is 3.09. The van der Waals surface area contributed by atoms with Crippen molar-refractivity contribution in [1.29, 1.82) is 0 Å². The molecular formula is C14H16N2O3. The Morgan fingerprint density at radius 1 is 1.26 bits per heavy atom. The van der Waals surface area contributed by atoms with E-state index in [2.05, 4.69) is 12.2 Å². The van der Waals surface area contributed by atoms with Gasteiger partial charge in [-0.2, -0.15) is 0 Å². The average Bonchev–Trinajstić information content (AvgIpc) is 2.90. The minimum Gasteiger partial charge on any atom is -0.459 e. The summed E-state index contributed by atoms with van der Waals surface area (Å²) in [6.45, 7) is 2.08. The number of nitrogens with zero attached hydrogens (tertiary/aromatic N) is 1. The van der Waals surface area contributed by atoms with Crippen LogP contribution in [0.4, 0.5) is 5.69 Å². The van der Waals surface area contributed by atoms with Gasteiger partial charge in [0.25, 0.3) is 5.69 Å². The van der Waals surface area contributed by atoms with Crippen molar-refractivity contribution in [3.05, 3.63) is 52.3 Å². The van der Waals surface area contributed by atoms with Gasteiger partial charge in [-0.3, -0.25) is 10.1 Å². The van der Waals surface area contributed by atoms with Gasteiger partial charge >= 0.3 is 0 Å². The number of hydrogen-bond donors (Lipinski definition) is 1. The summed E-state index contributed by atoms with van der Waals surface area (Å²) < 4.78 is 5.78. The third kappa shape index (κ3) is 2.82. The fourth-order valence-electron chi connectivity index (χ4n) is 1.99. The number of nitro benzene ring substituents is 1. The van der Waals surface area contributed by atoms with E-state index < -0.39 is 4.92 Å². The molecule has 1 unspecified atom stereocenters. The summed E-state index contributed by atoms with van der Waals surface area (Å²) in [6.07, 6.45) is 0.934. The van der Waals surface area contributed by atoms with Crippen LogP contribution in [0.1, 0.15) is 25.1 Å². The smallest absolute Gasteiger partial charge is 0.269 e. The first-order valence-corrected chi connectivity index (χ1v) is 6.17. The summed E-state index contributed by atoms with van der Waals surface area (Å²) in [7, 11) is 1.89. The van der Waals surface area contributed by atoms with Gasteiger partial charge in [-0.05, 0) is 37.7 Å². The molecule has 0 saturated carbocycles. The standard InChI is InChI=1S/C14H16N2O3/c1-3-12(15-2)14-9-8-13(19-14)10-4-6-11(7-5-10)16(17)18/h4-9,12,15H,3H2,1-2H3. The fourth-order valence-corrected chi connectivity index (χ4v) is 1.99. The van der Waals surface area contributed by atoms with E-state index in [-0.39, 0.29) is 11.7 Å². The van der Waals surface area contributed by atoms with Crippen LogP contribution in [-0.2, 0) is 0 Å². The Hall–Kier alpha value is -2.14. The van der Waals surface area contributed by atoms with E-state index in [1.54, 1.807) is 12.1 Å². The van der Waals surface area contributed by atoms with E-state index in [0.29, 0.717) is 0 Å². The monoisotopic (exact) mass is 260 g/mol. The van der Waals surface area contributed by atoms with Crippen LogP contribution >= 0.6 is 0 Å². The zero-order chi connectivity index (χ0) is 13.8. The third-order valence-electron chi connectivity index (χ3n) is 3.09. The lowest BCUT2D eigenvalue weighted by molar-refractivity contribution is -0.384. The predicted octanol–water partition coefficient (Wildman–Crippen LogP) is 3.53. The molecule has 0 aliphatic heterocycles. The van der Waals surface area contributed by atoms with Gasteiger partial charge in [-0.15, -0.1) is 0 Å². The predicted molar refractivity (Wildman–Crippen MR) is 72.9 cm³/mol. The molecule has 100 valence electrons. The van der Waals surface area contributed by atoms with Crippen LogP contribution in [0.2, 0.25) is 0 Å². The molecule has 0 radical (unpaired) electrons. The normalized spacial score (nSPS) is 12.3. The second-order valence-corrected chi connectivity index (χ2v) is 4.26. The number of furan rings is 1. The van der Waals surface area contributed by atoms with Gasteiger partial charge in [0.05, 0.1) is 11.0 Å². The summed E-state index contributed by atoms with van der Waals surface area (Å²) in [6, 6.07) is 10.4. The van der Waals surface area contributed by atoms with Crippen LogP contribution in [0, 0.1) is 10.1 Å². The van der Waals surface area contributed by atoms with Crippen LogP contribution in [0.25, 0.3) is 11.3 Å². The number of hydrogen-bond acceptors (Lipinski definition) is 4. The molecule has 2 aromatic rings. The molecule has 0 aliphatic rings. The highest BCUT2D eigenvalue weighted by Crippen LogP contribution is 2.27. The fraction of sp³-hybridized carbons (Fsp3) is 0.286. The maximum atomic E-state index is 10.6. The number of benzene rings is 1. The Balaban J connectivity index is 2.25. The lowest BCUT2D eigenvalue weighted by Crippen LogP contribution is -2.14. The van der Waals surface area contributed by atoms with Gasteiger partial charge in [0.1, 0.15) is 11.5 Å². The Bertz CT molecular complexity index is 556. The molecule has 0 fully saturated rings. The van der Waals surface area contributed by atoms with Gasteiger partial charge in [0, 0.05) is 17.7 Å². The second-order valence-electron chi connectivity index (χ2n) is 4.26. The maximum Gasteiger partial charge on any atom is 0.269 e. The zero-order valence-electron chi connectivity index (χ0n) is 10.9. The van der Waals surface area contributed by atoms with Gasteiger partial charge in [0.2, 0.25) is 0 Å². The lowest BCUT2D eigenvalue weighted by atomic mass is 10.1. The highest BCUT2D eigenvalue weighted by Gasteiger charge is 2.13. The Labute approximate surface area is 111 Å². The van der Waals surface area contributed by atoms with E-state index in [1.165, 1.54) is 12.1 Å². The van der Waals surface area contributed by atoms with Crippen LogP contribution in [-0.4, -0.2) is 12.0 Å². The Morgan fingerprint density at radius 2 is 1.95 bits per heavy atom. The Kier molecular flexibility index (Phi) is 3.97. The molecule has 5 nitrogen and oxygen atoms in total. The highest BCUT2D eigenvalue weighted by atomic mass is 16.6. The largest absolute Gasteiger partial charge is 0.459 e. The van der Waals surface area contributed by atoms with E-state index in [1.807, 2.05) is 19.2 Å². The molecule has 0 amide bonds. The quantitative estimate of drug-likeness (QED) is 0.659. The van der Waals surface area contributed by atoms with Gasteiger partial charge in [0.15, 0.2) is 0 Å². The lowest BCUT2D eigenvalue weighted by Gasteiger charge is -2.09. The molecule has 0 aliphatic carbocycles. The molecular weight excluding hydrogens is 244 g/mol. The maximum absolute atomic E-state index is 10.6. The zero-order valence-corrected chi connectivity index (χ0v) is 10.9. The summed E-state index contributed by atoms with van der Waals surface area (Å²) in [5.74, 6) is 1.59. The molecule has 1 atom stereocenters. The van der Waals surface area contributed by atoms with Crippen LogP contribution < -0.4 is 5.32 Å². The first-order chi connectivity index (χ1) is 9.15. The van der Waals surface area contributed by atoms with Gasteiger partial charge in [-0.25, -0.2) is 0 Å². The van der Waals surface area contributed by atoms with E-state index in [9.17, 15) is 10.1 Å². The molecule has 1 heterocycles. The van der Waals surface area contributed by atoms with Crippen molar-refractivity contribution in [3.63, 3.8) is 0 Å². The molecule has 5 heteroatoms. The van der Waals surface area contributed by atoms with Gasteiger partial charge in [-0.1, -0.05) is 6.92 Å². The van der Waals surface area contributed by atoms with Crippen molar-refractivity contribution in [2.45, 2.75) is 19.4 Å². The average molecular weight is 260 g/mol. The number of non-ortho nitro benzene ring substituents is 1. The van der Waals surface area contributed by atoms with Crippen molar-refractivity contribution in [2.24, 2.45) is 0 Å². The summed E-state index contributed by atoms with van der Waals surface area (Å²) in [5, 5.41) is 13.8. The van der Waals surface area contributed by atoms with E-state index in [0.717, 1.165) is 23.5 Å². The Morgan fingerprint density at radius 3 is 2.47 bits per heavy atom. The summed E-state index contributed by atoms with van der Waals surface area (Å²) in [4.78, 5) is 10.2. The van der Waals surface area contributed by atoms with Crippen LogP contribution in [0.5, 0.6) is 0 Å². The van der Waals surface area contributed by atoms with Crippen molar-refractivity contribution in [1.82, 2.24) is 5.32 Å². The minimum atomic E-state index is -0.411. The summed E-state index contributed by atoms with van der Waals surface area (Å²) in [5.41, 5.74) is 0.917. The number of nitrogens with one attached hydrogen (secondary N) is 1. The highest BCUT2D eigenvalue weighted by molar-refractivity contribution is 5.59. The molecule has 19 heavy (non-hydrogen) atoms. The van der Waals surface area contributed by atoms with Gasteiger partial charge < -0.3 is 9.73 Å². The number of rotatable bonds is 5. The van der Waals surface area contributed by atoms with E-state index in [4.69, 9.17) is 4.42 Å². The first kappa shape index (κ1) is 13.3. The van der Waals surface area contributed by atoms with E-state index >= 15 is 0 Å². The van der Waals surface area contributed by atoms with Crippen molar-refractivity contribution in [3.8, 4) is 11.3 Å². The van der Waals surface area contributed by atoms with Crippen LogP contribution in [0.15, 0.2) is 40.8 Å². The number of nitro groups is 1.